The number of nitrogens with zero attached hydrogens (tertiary/aromatic N) is 2. The van der Waals surface area contributed by atoms with Crippen molar-refractivity contribution in [2.24, 2.45) is 4.99 Å². The van der Waals surface area contributed by atoms with Crippen LogP contribution in [0.5, 0.6) is 0 Å². The highest BCUT2D eigenvalue weighted by molar-refractivity contribution is 5.80. The molecule has 5 heteroatoms. The van der Waals surface area contributed by atoms with Gasteiger partial charge in [0.2, 0.25) is 0 Å². The molecule has 4 atom stereocenters. The summed E-state index contributed by atoms with van der Waals surface area (Å²) in [5.41, 5.74) is 1.34. The fourth-order valence-electron chi connectivity index (χ4n) is 3.34. The van der Waals surface area contributed by atoms with Crippen molar-refractivity contribution >= 4 is 5.96 Å². The smallest absolute Gasteiger partial charge is 0.191 e. The van der Waals surface area contributed by atoms with Crippen LogP contribution in [0.3, 0.4) is 0 Å². The summed E-state index contributed by atoms with van der Waals surface area (Å²) in [5, 5.41) is 7.01. The molecule has 1 aromatic carbocycles. The van der Waals surface area contributed by atoms with Gasteiger partial charge in [-0.1, -0.05) is 37.3 Å². The lowest BCUT2D eigenvalue weighted by molar-refractivity contribution is -0.0174. The Morgan fingerprint density at radius 1 is 1.28 bits per heavy atom. The number of rotatable bonds is 6. The topological polar surface area (TPSA) is 48.9 Å². The SMILES string of the molecule is CN=C(NCC(C)N1CCOCC1C)NC(C)C(C)c1ccccc1. The standard InChI is InChI=1S/C20H34N4O/c1-15(24-11-12-25-14-16(24)2)13-22-20(21-5)23-18(4)17(3)19-9-7-6-8-10-19/h6-10,15-18H,11-14H2,1-5H3,(H2,21,22,23). The van der Waals surface area contributed by atoms with E-state index in [0.29, 0.717) is 24.0 Å². The van der Waals surface area contributed by atoms with E-state index in [4.69, 9.17) is 4.74 Å². The summed E-state index contributed by atoms with van der Waals surface area (Å²) >= 11 is 0. The molecule has 0 aliphatic carbocycles. The van der Waals surface area contributed by atoms with Crippen molar-refractivity contribution in [1.29, 1.82) is 0 Å². The Balaban J connectivity index is 1.83. The van der Waals surface area contributed by atoms with E-state index in [0.717, 1.165) is 32.3 Å². The van der Waals surface area contributed by atoms with Crippen molar-refractivity contribution < 1.29 is 4.74 Å². The summed E-state index contributed by atoms with van der Waals surface area (Å²) in [6.07, 6.45) is 0. The van der Waals surface area contributed by atoms with Crippen LogP contribution in [0.25, 0.3) is 0 Å². The van der Waals surface area contributed by atoms with Crippen molar-refractivity contribution in [3.05, 3.63) is 35.9 Å². The van der Waals surface area contributed by atoms with E-state index < -0.39 is 0 Å². The summed E-state index contributed by atoms with van der Waals surface area (Å²) in [5.74, 6) is 1.28. The molecule has 4 unspecified atom stereocenters. The highest BCUT2D eigenvalue weighted by Gasteiger charge is 2.24. The summed E-state index contributed by atoms with van der Waals surface area (Å²) in [6, 6.07) is 11.8. The summed E-state index contributed by atoms with van der Waals surface area (Å²) in [6.45, 7) is 12.5. The van der Waals surface area contributed by atoms with Crippen LogP contribution in [-0.4, -0.2) is 62.3 Å². The first-order valence-corrected chi connectivity index (χ1v) is 9.38. The largest absolute Gasteiger partial charge is 0.379 e. The van der Waals surface area contributed by atoms with Crippen LogP contribution in [0.1, 0.15) is 39.2 Å². The molecule has 2 rings (SSSR count). The van der Waals surface area contributed by atoms with Gasteiger partial charge in [-0.3, -0.25) is 9.89 Å². The molecule has 0 bridgehead atoms. The minimum absolute atomic E-state index is 0.297. The van der Waals surface area contributed by atoms with E-state index in [9.17, 15) is 0 Å². The maximum Gasteiger partial charge on any atom is 0.191 e. The molecule has 1 aliphatic heterocycles. The van der Waals surface area contributed by atoms with Crippen molar-refractivity contribution in [1.82, 2.24) is 15.5 Å². The molecule has 140 valence electrons. The zero-order chi connectivity index (χ0) is 18.2. The van der Waals surface area contributed by atoms with E-state index in [1.54, 1.807) is 0 Å². The normalized spacial score (nSPS) is 22.9. The Morgan fingerprint density at radius 3 is 2.64 bits per heavy atom. The lowest BCUT2D eigenvalue weighted by atomic mass is 9.94. The Hall–Kier alpha value is -1.59. The van der Waals surface area contributed by atoms with Gasteiger partial charge in [-0.15, -0.1) is 0 Å². The average Bonchev–Trinajstić information content (AvgIpc) is 2.65. The second-order valence-electron chi connectivity index (χ2n) is 7.10. The number of aliphatic imine (C=N–C) groups is 1. The maximum atomic E-state index is 5.53. The summed E-state index contributed by atoms with van der Waals surface area (Å²) < 4.78 is 5.53. The molecular formula is C20H34N4O. The van der Waals surface area contributed by atoms with Gasteiger partial charge in [0.05, 0.1) is 13.2 Å². The second kappa shape index (κ2) is 9.78. The van der Waals surface area contributed by atoms with Crippen LogP contribution in [0.4, 0.5) is 0 Å². The van der Waals surface area contributed by atoms with Gasteiger partial charge < -0.3 is 15.4 Å². The van der Waals surface area contributed by atoms with Gasteiger partial charge in [-0.25, -0.2) is 0 Å². The van der Waals surface area contributed by atoms with E-state index in [2.05, 4.69) is 78.6 Å². The molecule has 1 aliphatic rings. The molecule has 0 saturated carbocycles. The lowest BCUT2D eigenvalue weighted by Crippen LogP contribution is -2.53. The molecule has 2 N–H and O–H groups in total. The molecule has 1 aromatic rings. The van der Waals surface area contributed by atoms with Gasteiger partial charge in [0.15, 0.2) is 5.96 Å². The molecule has 0 amide bonds. The quantitative estimate of drug-likeness (QED) is 0.614. The van der Waals surface area contributed by atoms with Crippen molar-refractivity contribution in [3.63, 3.8) is 0 Å². The van der Waals surface area contributed by atoms with E-state index in [1.807, 2.05) is 7.05 Å². The summed E-state index contributed by atoms with van der Waals surface area (Å²) in [7, 11) is 1.83. The second-order valence-corrected chi connectivity index (χ2v) is 7.10. The zero-order valence-corrected chi connectivity index (χ0v) is 16.3. The molecule has 1 heterocycles. The number of hydrogen-bond acceptors (Lipinski definition) is 3. The Labute approximate surface area is 152 Å². The van der Waals surface area contributed by atoms with Gasteiger partial charge >= 0.3 is 0 Å². The average molecular weight is 347 g/mol. The van der Waals surface area contributed by atoms with Gasteiger partial charge in [0.1, 0.15) is 0 Å². The molecule has 25 heavy (non-hydrogen) atoms. The third kappa shape index (κ3) is 5.72. The first-order chi connectivity index (χ1) is 12.0. The molecule has 0 spiro atoms. The predicted molar refractivity (Wildman–Crippen MR) is 105 cm³/mol. The molecule has 5 nitrogen and oxygen atoms in total. The molecule has 0 radical (unpaired) electrons. The highest BCUT2D eigenvalue weighted by Crippen LogP contribution is 2.18. The van der Waals surface area contributed by atoms with Crippen molar-refractivity contribution in [2.45, 2.75) is 51.7 Å². The Bertz CT molecular complexity index is 534. The molecular weight excluding hydrogens is 312 g/mol. The predicted octanol–water partition coefficient (Wildman–Crippen LogP) is 2.45. The van der Waals surface area contributed by atoms with Gasteiger partial charge in [0.25, 0.3) is 0 Å². The first kappa shape index (κ1) is 19.7. The van der Waals surface area contributed by atoms with Gasteiger partial charge in [-0.05, 0) is 26.3 Å². The maximum absolute atomic E-state index is 5.53. The zero-order valence-electron chi connectivity index (χ0n) is 16.3. The van der Waals surface area contributed by atoms with Crippen LogP contribution < -0.4 is 10.6 Å². The Kier molecular flexibility index (Phi) is 7.72. The van der Waals surface area contributed by atoms with Crippen LogP contribution in [0.15, 0.2) is 35.3 Å². The first-order valence-electron chi connectivity index (χ1n) is 9.38. The number of nitrogens with one attached hydrogen (secondary N) is 2. The van der Waals surface area contributed by atoms with Gasteiger partial charge in [0, 0.05) is 44.2 Å². The third-order valence-corrected chi connectivity index (χ3v) is 5.21. The minimum Gasteiger partial charge on any atom is -0.379 e. The molecule has 1 fully saturated rings. The van der Waals surface area contributed by atoms with Crippen LogP contribution in [0, 0.1) is 0 Å². The summed E-state index contributed by atoms with van der Waals surface area (Å²) in [4.78, 5) is 6.89. The van der Waals surface area contributed by atoms with E-state index >= 15 is 0 Å². The minimum atomic E-state index is 0.297. The number of morpholine rings is 1. The number of ether oxygens (including phenoxy) is 1. The Morgan fingerprint density at radius 2 is 2.00 bits per heavy atom. The molecule has 0 aromatic heterocycles. The van der Waals surface area contributed by atoms with Crippen LogP contribution >= 0.6 is 0 Å². The number of hydrogen-bond donors (Lipinski definition) is 2. The van der Waals surface area contributed by atoms with E-state index in [-0.39, 0.29) is 0 Å². The van der Waals surface area contributed by atoms with E-state index in [1.165, 1.54) is 5.56 Å². The third-order valence-electron chi connectivity index (χ3n) is 5.21. The highest BCUT2D eigenvalue weighted by atomic mass is 16.5. The van der Waals surface area contributed by atoms with Crippen LogP contribution in [0.2, 0.25) is 0 Å². The fraction of sp³-hybridized carbons (Fsp3) is 0.650. The number of guanidine groups is 1. The van der Waals surface area contributed by atoms with Gasteiger partial charge in [-0.2, -0.15) is 0 Å². The van der Waals surface area contributed by atoms with Crippen LogP contribution in [-0.2, 0) is 4.74 Å². The number of benzene rings is 1. The lowest BCUT2D eigenvalue weighted by Gasteiger charge is -2.38. The van der Waals surface area contributed by atoms with Crippen molar-refractivity contribution in [2.75, 3.05) is 33.4 Å². The monoisotopic (exact) mass is 346 g/mol. The molecule has 1 saturated heterocycles. The fourth-order valence-corrected chi connectivity index (χ4v) is 3.34. The van der Waals surface area contributed by atoms with Crippen molar-refractivity contribution in [3.8, 4) is 0 Å².